The van der Waals surface area contributed by atoms with E-state index in [1.54, 1.807) is 11.3 Å². The highest BCUT2D eigenvalue weighted by Crippen LogP contribution is 2.49. The lowest BCUT2D eigenvalue weighted by Gasteiger charge is -2.35. The summed E-state index contributed by atoms with van der Waals surface area (Å²) in [7, 11) is 0. The van der Waals surface area contributed by atoms with Crippen molar-refractivity contribution in [2.45, 2.75) is 32.1 Å². The molecule has 2 heterocycles. The van der Waals surface area contributed by atoms with Crippen LogP contribution in [0.1, 0.15) is 31.6 Å². The molecule has 0 atom stereocenters. The molecule has 0 bridgehead atoms. The predicted octanol–water partition coefficient (Wildman–Crippen LogP) is 1.88. The second-order valence-electron chi connectivity index (χ2n) is 6.09. The number of urea groups is 1. The van der Waals surface area contributed by atoms with Gasteiger partial charge in [0.1, 0.15) is 5.41 Å². The largest absolute Gasteiger partial charge is 0.330 e. The van der Waals surface area contributed by atoms with Crippen molar-refractivity contribution >= 4 is 29.2 Å². The van der Waals surface area contributed by atoms with E-state index in [2.05, 4.69) is 5.32 Å². The SMILES string of the molecule is CC(C)(CN1C(=O)NC(=O)C2(CC2)C1=O)c1cccs1. The van der Waals surface area contributed by atoms with E-state index in [0.717, 1.165) is 4.88 Å². The molecule has 1 aliphatic carbocycles. The molecule has 0 radical (unpaired) electrons. The Morgan fingerprint density at radius 2 is 2.05 bits per heavy atom. The van der Waals surface area contributed by atoms with Crippen molar-refractivity contribution in [1.82, 2.24) is 10.2 Å². The van der Waals surface area contributed by atoms with E-state index in [1.807, 2.05) is 31.4 Å². The third-order valence-electron chi connectivity index (χ3n) is 4.05. The zero-order valence-electron chi connectivity index (χ0n) is 11.4. The zero-order chi connectivity index (χ0) is 14.5. The third kappa shape index (κ3) is 1.86. The van der Waals surface area contributed by atoms with E-state index in [4.69, 9.17) is 0 Å². The molecule has 0 unspecified atom stereocenters. The summed E-state index contributed by atoms with van der Waals surface area (Å²) in [5.41, 5.74) is -1.28. The van der Waals surface area contributed by atoms with Crippen molar-refractivity contribution in [2.24, 2.45) is 5.41 Å². The van der Waals surface area contributed by atoms with Crippen molar-refractivity contribution in [2.75, 3.05) is 6.54 Å². The van der Waals surface area contributed by atoms with Crippen LogP contribution in [0.25, 0.3) is 0 Å². The number of carbonyl (C=O) groups is 3. The summed E-state index contributed by atoms with van der Waals surface area (Å²) in [6.07, 6.45) is 1.09. The second kappa shape index (κ2) is 4.15. The lowest BCUT2D eigenvalue weighted by atomic mass is 9.89. The Bertz CT molecular complexity index is 588. The summed E-state index contributed by atoms with van der Waals surface area (Å²) in [6.45, 7) is 4.28. The molecule has 1 aliphatic heterocycles. The number of rotatable bonds is 3. The minimum atomic E-state index is -0.959. The van der Waals surface area contributed by atoms with Crippen molar-refractivity contribution in [3.8, 4) is 0 Å². The zero-order valence-corrected chi connectivity index (χ0v) is 12.3. The van der Waals surface area contributed by atoms with Gasteiger partial charge in [-0.15, -0.1) is 11.3 Å². The molecule has 6 heteroatoms. The molecule has 2 fully saturated rings. The maximum Gasteiger partial charge on any atom is 0.330 e. The standard InChI is InChI=1S/C14H16N2O3S/c1-13(2,9-4-3-7-20-9)8-16-11(18)14(5-6-14)10(17)15-12(16)19/h3-4,7H,5-6,8H2,1-2H3,(H,15,17,19). The van der Waals surface area contributed by atoms with Gasteiger partial charge in [-0.1, -0.05) is 19.9 Å². The minimum absolute atomic E-state index is 0.285. The normalized spacial score (nSPS) is 21.3. The molecule has 5 nitrogen and oxygen atoms in total. The number of nitrogens with one attached hydrogen (secondary N) is 1. The molecule has 3 rings (SSSR count). The first kappa shape index (κ1) is 13.3. The molecule has 1 saturated carbocycles. The molecule has 106 valence electrons. The van der Waals surface area contributed by atoms with E-state index in [-0.39, 0.29) is 17.9 Å². The summed E-state index contributed by atoms with van der Waals surface area (Å²) < 4.78 is 0. The number of imide groups is 2. The maximum atomic E-state index is 12.4. The molecule has 1 N–H and O–H groups in total. The van der Waals surface area contributed by atoms with Gasteiger partial charge in [0, 0.05) is 16.8 Å². The van der Waals surface area contributed by atoms with Gasteiger partial charge in [0.2, 0.25) is 11.8 Å². The molecule has 4 amide bonds. The molecular weight excluding hydrogens is 276 g/mol. The van der Waals surface area contributed by atoms with Crippen LogP contribution in [-0.2, 0) is 15.0 Å². The lowest BCUT2D eigenvalue weighted by Crippen LogP contribution is -2.61. The fraction of sp³-hybridized carbons (Fsp3) is 0.500. The average Bonchev–Trinajstić information content (AvgIpc) is 2.99. The van der Waals surface area contributed by atoms with Crippen LogP contribution in [0.3, 0.4) is 0 Å². The van der Waals surface area contributed by atoms with Gasteiger partial charge < -0.3 is 0 Å². The maximum absolute atomic E-state index is 12.4. The third-order valence-corrected chi connectivity index (χ3v) is 5.28. The second-order valence-corrected chi connectivity index (χ2v) is 7.04. The molecular formula is C14H16N2O3S. The van der Waals surface area contributed by atoms with Gasteiger partial charge in [0.15, 0.2) is 0 Å². The van der Waals surface area contributed by atoms with Crippen LogP contribution in [0, 0.1) is 5.41 Å². The van der Waals surface area contributed by atoms with Gasteiger partial charge in [-0.3, -0.25) is 19.8 Å². The van der Waals surface area contributed by atoms with Crippen LogP contribution in [0.2, 0.25) is 0 Å². The summed E-state index contributed by atoms with van der Waals surface area (Å²) in [5, 5.41) is 4.28. The van der Waals surface area contributed by atoms with Gasteiger partial charge in [-0.25, -0.2) is 4.79 Å². The fourth-order valence-corrected chi connectivity index (χ4v) is 3.42. The van der Waals surface area contributed by atoms with E-state index in [0.29, 0.717) is 12.8 Å². The molecule has 2 aliphatic rings. The number of nitrogens with zero attached hydrogens (tertiary/aromatic N) is 1. The van der Waals surface area contributed by atoms with E-state index < -0.39 is 17.4 Å². The number of barbiturate groups is 1. The first-order valence-electron chi connectivity index (χ1n) is 6.58. The highest BCUT2D eigenvalue weighted by atomic mass is 32.1. The number of amides is 4. The molecule has 1 aromatic rings. The minimum Gasteiger partial charge on any atom is -0.277 e. The Morgan fingerprint density at radius 1 is 1.35 bits per heavy atom. The number of hydrogen-bond acceptors (Lipinski definition) is 4. The van der Waals surface area contributed by atoms with E-state index in [1.165, 1.54) is 4.90 Å². The topological polar surface area (TPSA) is 66.5 Å². The molecule has 20 heavy (non-hydrogen) atoms. The van der Waals surface area contributed by atoms with E-state index >= 15 is 0 Å². The first-order valence-corrected chi connectivity index (χ1v) is 7.46. The molecule has 1 spiro atoms. The van der Waals surface area contributed by atoms with Gasteiger partial charge in [-0.2, -0.15) is 0 Å². The van der Waals surface area contributed by atoms with Gasteiger partial charge in [0.05, 0.1) is 0 Å². The highest BCUT2D eigenvalue weighted by Gasteiger charge is 2.62. The number of thiophene rings is 1. The van der Waals surface area contributed by atoms with Crippen LogP contribution in [0.5, 0.6) is 0 Å². The highest BCUT2D eigenvalue weighted by molar-refractivity contribution is 7.10. The average molecular weight is 292 g/mol. The van der Waals surface area contributed by atoms with Crippen LogP contribution in [-0.4, -0.2) is 29.3 Å². The summed E-state index contributed by atoms with van der Waals surface area (Å²) >= 11 is 1.60. The molecule has 1 aromatic heterocycles. The summed E-state index contributed by atoms with van der Waals surface area (Å²) in [6, 6.07) is 3.35. The van der Waals surface area contributed by atoms with Crippen molar-refractivity contribution in [1.29, 1.82) is 0 Å². The van der Waals surface area contributed by atoms with Crippen LogP contribution in [0.15, 0.2) is 17.5 Å². The summed E-state index contributed by atoms with van der Waals surface area (Å²) in [5.74, 6) is -0.770. The Balaban J connectivity index is 1.85. The van der Waals surface area contributed by atoms with Gasteiger partial charge in [0.25, 0.3) is 0 Å². The Hall–Kier alpha value is -1.69. The van der Waals surface area contributed by atoms with Gasteiger partial charge in [-0.05, 0) is 24.3 Å². The van der Waals surface area contributed by atoms with Crippen LogP contribution >= 0.6 is 11.3 Å². The van der Waals surface area contributed by atoms with E-state index in [9.17, 15) is 14.4 Å². The number of hydrogen-bond donors (Lipinski definition) is 1. The van der Waals surface area contributed by atoms with Crippen LogP contribution in [0.4, 0.5) is 4.79 Å². The fourth-order valence-electron chi connectivity index (χ4n) is 2.58. The lowest BCUT2D eigenvalue weighted by molar-refractivity contribution is -0.145. The van der Waals surface area contributed by atoms with Crippen molar-refractivity contribution < 1.29 is 14.4 Å². The quantitative estimate of drug-likeness (QED) is 0.865. The first-order chi connectivity index (χ1) is 9.37. The van der Waals surface area contributed by atoms with Gasteiger partial charge >= 0.3 is 6.03 Å². The smallest absolute Gasteiger partial charge is 0.277 e. The molecule has 1 saturated heterocycles. The Labute approximate surface area is 121 Å². The summed E-state index contributed by atoms with van der Waals surface area (Å²) in [4.78, 5) is 38.5. The Kier molecular flexibility index (Phi) is 2.76. The number of carbonyl (C=O) groups excluding carboxylic acids is 3. The van der Waals surface area contributed by atoms with Crippen molar-refractivity contribution in [3.63, 3.8) is 0 Å². The monoisotopic (exact) mass is 292 g/mol. The predicted molar refractivity (Wildman–Crippen MR) is 74.3 cm³/mol. The Morgan fingerprint density at radius 3 is 2.60 bits per heavy atom. The van der Waals surface area contributed by atoms with Crippen LogP contribution < -0.4 is 5.32 Å². The molecule has 0 aromatic carbocycles. The van der Waals surface area contributed by atoms with Crippen molar-refractivity contribution in [3.05, 3.63) is 22.4 Å².